The molecular formula is C10H9N3O. The van der Waals surface area contributed by atoms with Gasteiger partial charge in [-0.05, 0) is 12.5 Å². The average Bonchev–Trinajstić information content (AvgIpc) is 2.23. The van der Waals surface area contributed by atoms with E-state index >= 15 is 0 Å². The van der Waals surface area contributed by atoms with E-state index < -0.39 is 0 Å². The second-order valence-electron chi connectivity index (χ2n) is 3.01. The van der Waals surface area contributed by atoms with Crippen LogP contribution in [0.2, 0.25) is 0 Å². The summed E-state index contributed by atoms with van der Waals surface area (Å²) >= 11 is 0. The lowest BCUT2D eigenvalue weighted by Gasteiger charge is -2.04. The molecule has 0 amide bonds. The van der Waals surface area contributed by atoms with Crippen molar-refractivity contribution in [2.75, 3.05) is 0 Å². The third kappa shape index (κ3) is 1.54. The highest BCUT2D eigenvalue weighted by atomic mass is 16.1. The van der Waals surface area contributed by atoms with Crippen LogP contribution in [0.15, 0.2) is 41.8 Å². The van der Waals surface area contributed by atoms with Gasteiger partial charge in [0, 0.05) is 12.3 Å². The average molecular weight is 187 g/mol. The monoisotopic (exact) mass is 187 g/mol. The van der Waals surface area contributed by atoms with E-state index in [0.717, 1.165) is 5.56 Å². The number of pyridine rings is 1. The van der Waals surface area contributed by atoms with Crippen molar-refractivity contribution in [3.8, 4) is 5.69 Å². The minimum absolute atomic E-state index is 0.0783. The van der Waals surface area contributed by atoms with Crippen LogP contribution >= 0.6 is 0 Å². The van der Waals surface area contributed by atoms with Crippen molar-refractivity contribution < 1.29 is 0 Å². The van der Waals surface area contributed by atoms with E-state index in [2.05, 4.69) is 9.97 Å². The zero-order chi connectivity index (χ0) is 9.97. The molecule has 2 rings (SSSR count). The molecule has 0 aliphatic heterocycles. The van der Waals surface area contributed by atoms with Crippen molar-refractivity contribution >= 4 is 0 Å². The molecule has 14 heavy (non-hydrogen) atoms. The van der Waals surface area contributed by atoms with Crippen LogP contribution in [0.25, 0.3) is 5.69 Å². The van der Waals surface area contributed by atoms with E-state index in [1.807, 2.05) is 6.92 Å². The van der Waals surface area contributed by atoms with Crippen LogP contribution in [0.3, 0.4) is 0 Å². The molecule has 0 aliphatic carbocycles. The van der Waals surface area contributed by atoms with E-state index in [0.29, 0.717) is 5.69 Å². The van der Waals surface area contributed by atoms with Crippen LogP contribution in [0.5, 0.6) is 0 Å². The number of hydrogen-bond acceptors (Lipinski definition) is 3. The molecule has 0 radical (unpaired) electrons. The maximum atomic E-state index is 11.5. The summed E-state index contributed by atoms with van der Waals surface area (Å²) in [7, 11) is 0. The van der Waals surface area contributed by atoms with Gasteiger partial charge in [-0.2, -0.15) is 0 Å². The molecule has 0 aliphatic rings. The van der Waals surface area contributed by atoms with Crippen LogP contribution < -0.4 is 5.56 Å². The Morgan fingerprint density at radius 2 is 1.93 bits per heavy atom. The van der Waals surface area contributed by atoms with Crippen LogP contribution in [-0.4, -0.2) is 14.5 Å². The van der Waals surface area contributed by atoms with Gasteiger partial charge in [-0.15, -0.1) is 0 Å². The van der Waals surface area contributed by atoms with E-state index in [1.165, 1.54) is 17.0 Å². The highest BCUT2D eigenvalue weighted by Gasteiger charge is 1.98. The van der Waals surface area contributed by atoms with Crippen molar-refractivity contribution in [1.29, 1.82) is 0 Å². The number of aromatic nitrogens is 3. The fourth-order valence-electron chi connectivity index (χ4n) is 1.21. The van der Waals surface area contributed by atoms with Gasteiger partial charge >= 0.3 is 0 Å². The van der Waals surface area contributed by atoms with Crippen LogP contribution in [-0.2, 0) is 0 Å². The van der Waals surface area contributed by atoms with Crippen molar-refractivity contribution in [2.24, 2.45) is 0 Å². The highest BCUT2D eigenvalue weighted by molar-refractivity contribution is 5.26. The smallest absolute Gasteiger partial charge is 0.255 e. The second kappa shape index (κ2) is 3.41. The van der Waals surface area contributed by atoms with E-state index in [-0.39, 0.29) is 5.56 Å². The van der Waals surface area contributed by atoms with E-state index in [4.69, 9.17) is 0 Å². The van der Waals surface area contributed by atoms with Crippen LogP contribution in [0.4, 0.5) is 0 Å². The number of aryl methyl sites for hydroxylation is 1. The first kappa shape index (κ1) is 8.62. The predicted octanol–water partition coefficient (Wildman–Crippen LogP) is 0.936. The maximum absolute atomic E-state index is 11.5. The molecule has 0 spiro atoms. The fraction of sp³-hybridized carbons (Fsp3) is 0.100. The van der Waals surface area contributed by atoms with Crippen LogP contribution in [0.1, 0.15) is 5.56 Å². The Balaban J connectivity index is 2.63. The maximum Gasteiger partial charge on any atom is 0.255 e. The van der Waals surface area contributed by atoms with E-state index in [1.54, 1.807) is 24.7 Å². The summed E-state index contributed by atoms with van der Waals surface area (Å²) in [6.07, 6.45) is 6.41. The number of hydrogen-bond donors (Lipinski definition) is 0. The van der Waals surface area contributed by atoms with Gasteiger partial charge in [0.05, 0.1) is 18.1 Å². The minimum Gasteiger partial charge on any atom is -0.281 e. The molecule has 0 saturated carbocycles. The topological polar surface area (TPSA) is 47.8 Å². The standard InChI is InChI=1S/C10H9N3O/c1-8-2-3-10(14)13(6-8)9-4-11-7-12-5-9/h2-7H,1H3. The SMILES string of the molecule is Cc1ccc(=O)n(-c2cncnc2)c1. The molecule has 0 unspecified atom stereocenters. The lowest BCUT2D eigenvalue weighted by atomic mass is 10.3. The Bertz CT molecular complexity index is 490. The third-order valence-electron chi connectivity index (χ3n) is 1.88. The zero-order valence-corrected chi connectivity index (χ0v) is 7.71. The summed E-state index contributed by atoms with van der Waals surface area (Å²) in [5.41, 5.74) is 1.63. The number of rotatable bonds is 1. The molecule has 2 heterocycles. The first-order chi connectivity index (χ1) is 6.77. The largest absolute Gasteiger partial charge is 0.281 e. The summed E-state index contributed by atoms with van der Waals surface area (Å²) in [5, 5.41) is 0. The summed E-state index contributed by atoms with van der Waals surface area (Å²) in [6.45, 7) is 1.93. The van der Waals surface area contributed by atoms with Gasteiger partial charge in [0.2, 0.25) is 0 Å². The molecular weight excluding hydrogens is 178 g/mol. The molecule has 4 heteroatoms. The molecule has 2 aromatic heterocycles. The first-order valence-electron chi connectivity index (χ1n) is 4.22. The Kier molecular flexibility index (Phi) is 2.10. The van der Waals surface area contributed by atoms with Gasteiger partial charge in [-0.1, -0.05) is 6.07 Å². The van der Waals surface area contributed by atoms with Crippen LogP contribution in [0, 0.1) is 6.92 Å². The van der Waals surface area contributed by atoms with Gasteiger partial charge in [0.25, 0.3) is 5.56 Å². The molecule has 0 fully saturated rings. The Morgan fingerprint density at radius 1 is 1.21 bits per heavy atom. The van der Waals surface area contributed by atoms with Gasteiger partial charge in [0.1, 0.15) is 6.33 Å². The highest BCUT2D eigenvalue weighted by Crippen LogP contribution is 2.01. The lowest BCUT2D eigenvalue weighted by Crippen LogP contribution is -2.16. The van der Waals surface area contributed by atoms with Crippen molar-refractivity contribution in [3.63, 3.8) is 0 Å². The van der Waals surface area contributed by atoms with Gasteiger partial charge < -0.3 is 0 Å². The van der Waals surface area contributed by atoms with E-state index in [9.17, 15) is 4.79 Å². The Morgan fingerprint density at radius 3 is 2.64 bits per heavy atom. The fourth-order valence-corrected chi connectivity index (χ4v) is 1.21. The van der Waals surface area contributed by atoms with Gasteiger partial charge in [-0.3, -0.25) is 9.36 Å². The van der Waals surface area contributed by atoms with Gasteiger partial charge in [-0.25, -0.2) is 9.97 Å². The molecule has 2 aromatic rings. The van der Waals surface area contributed by atoms with Crippen molar-refractivity contribution in [2.45, 2.75) is 6.92 Å². The molecule has 0 saturated heterocycles. The predicted molar refractivity (Wildman–Crippen MR) is 52.4 cm³/mol. The minimum atomic E-state index is -0.0783. The molecule has 0 atom stereocenters. The van der Waals surface area contributed by atoms with Crippen molar-refractivity contribution in [1.82, 2.24) is 14.5 Å². The molecule has 0 bridgehead atoms. The zero-order valence-electron chi connectivity index (χ0n) is 7.71. The second-order valence-corrected chi connectivity index (χ2v) is 3.01. The Hall–Kier alpha value is -1.97. The third-order valence-corrected chi connectivity index (χ3v) is 1.88. The van der Waals surface area contributed by atoms with Crippen molar-refractivity contribution in [3.05, 3.63) is 53.0 Å². The first-order valence-corrected chi connectivity index (χ1v) is 4.22. The summed E-state index contributed by atoms with van der Waals surface area (Å²) in [6, 6.07) is 3.31. The Labute approximate surface area is 80.9 Å². The molecule has 70 valence electrons. The summed E-state index contributed by atoms with van der Waals surface area (Å²) < 4.78 is 1.52. The molecule has 4 nitrogen and oxygen atoms in total. The molecule has 0 aromatic carbocycles. The normalized spacial score (nSPS) is 10.1. The summed E-state index contributed by atoms with van der Waals surface area (Å²) in [4.78, 5) is 19.2. The molecule has 0 N–H and O–H groups in total. The summed E-state index contributed by atoms with van der Waals surface area (Å²) in [5.74, 6) is 0. The quantitative estimate of drug-likeness (QED) is 0.667. The number of nitrogens with zero attached hydrogens (tertiary/aromatic N) is 3. The lowest BCUT2D eigenvalue weighted by molar-refractivity contribution is 0.947. The van der Waals surface area contributed by atoms with Gasteiger partial charge in [0.15, 0.2) is 0 Å².